The molecule has 0 radical (unpaired) electrons. The summed E-state index contributed by atoms with van der Waals surface area (Å²) in [5, 5.41) is 3.49. The largest absolute Gasteiger partial charge is 0.493 e. The normalized spacial score (nSPS) is 11.7. The Morgan fingerprint density at radius 3 is 2.77 bits per heavy atom. The number of carbonyl (C=O) groups is 1. The van der Waals surface area contributed by atoms with Crippen LogP contribution >= 0.6 is 11.6 Å². The first kappa shape index (κ1) is 20.1. The van der Waals surface area contributed by atoms with E-state index < -0.39 is 6.10 Å². The van der Waals surface area contributed by atoms with Gasteiger partial charge in [-0.25, -0.2) is 0 Å². The smallest absolute Gasteiger partial charge is 0.260 e. The summed E-state index contributed by atoms with van der Waals surface area (Å²) in [7, 11) is 0. The van der Waals surface area contributed by atoms with Gasteiger partial charge in [0.25, 0.3) is 5.91 Å². The number of benzene rings is 2. The van der Waals surface area contributed by atoms with Crippen molar-refractivity contribution in [1.29, 1.82) is 0 Å². The molecule has 0 saturated carbocycles. The fraction of sp³-hybridized carbons (Fsp3) is 0.381. The van der Waals surface area contributed by atoms with Gasteiger partial charge in [0, 0.05) is 11.6 Å². The fourth-order valence-corrected chi connectivity index (χ4v) is 2.68. The van der Waals surface area contributed by atoms with Gasteiger partial charge in [0.1, 0.15) is 11.5 Å². The van der Waals surface area contributed by atoms with E-state index in [2.05, 4.69) is 18.3 Å². The van der Waals surface area contributed by atoms with Crippen molar-refractivity contribution in [2.75, 3.05) is 13.2 Å². The highest BCUT2D eigenvalue weighted by atomic mass is 35.5. The molecule has 140 valence electrons. The SMILES string of the molecule is CCCOc1ccccc1CCCNC(=O)[C@H](C)Oc1cccc(Cl)c1. The second kappa shape index (κ2) is 10.7. The van der Waals surface area contributed by atoms with E-state index in [1.807, 2.05) is 18.2 Å². The maximum Gasteiger partial charge on any atom is 0.260 e. The molecule has 0 aliphatic carbocycles. The summed E-state index contributed by atoms with van der Waals surface area (Å²) in [6.07, 6.45) is 2.09. The lowest BCUT2D eigenvalue weighted by molar-refractivity contribution is -0.127. The zero-order valence-electron chi connectivity index (χ0n) is 15.3. The minimum Gasteiger partial charge on any atom is -0.493 e. The molecular formula is C21H26ClNO3. The third kappa shape index (κ3) is 6.60. The average molecular weight is 376 g/mol. The third-order valence-corrected chi connectivity index (χ3v) is 4.07. The Bertz CT molecular complexity index is 705. The standard InChI is InChI=1S/C21H26ClNO3/c1-3-14-25-20-12-5-4-8-17(20)9-7-13-23-21(24)16(2)26-19-11-6-10-18(22)15-19/h4-6,8,10-12,15-16H,3,7,9,13-14H2,1-2H3,(H,23,24)/t16-/m0/s1. The number of rotatable bonds is 10. The van der Waals surface area contributed by atoms with Gasteiger partial charge in [-0.1, -0.05) is 42.8 Å². The van der Waals surface area contributed by atoms with E-state index in [4.69, 9.17) is 21.1 Å². The van der Waals surface area contributed by atoms with Crippen LogP contribution in [0.25, 0.3) is 0 Å². The first-order chi connectivity index (χ1) is 12.6. The van der Waals surface area contributed by atoms with Crippen molar-refractivity contribution in [3.63, 3.8) is 0 Å². The van der Waals surface area contributed by atoms with Gasteiger partial charge in [-0.15, -0.1) is 0 Å². The van der Waals surface area contributed by atoms with Crippen LogP contribution < -0.4 is 14.8 Å². The molecule has 0 unspecified atom stereocenters. The van der Waals surface area contributed by atoms with Crippen LogP contribution in [0, 0.1) is 0 Å². The molecule has 2 rings (SSSR count). The van der Waals surface area contributed by atoms with E-state index in [0.717, 1.165) is 25.0 Å². The molecule has 26 heavy (non-hydrogen) atoms. The quantitative estimate of drug-likeness (QED) is 0.615. The van der Waals surface area contributed by atoms with E-state index in [1.54, 1.807) is 31.2 Å². The van der Waals surface area contributed by atoms with Gasteiger partial charge in [0.05, 0.1) is 6.61 Å². The van der Waals surface area contributed by atoms with Gasteiger partial charge >= 0.3 is 0 Å². The molecule has 4 nitrogen and oxygen atoms in total. The minimum absolute atomic E-state index is 0.138. The van der Waals surface area contributed by atoms with Crippen LogP contribution in [-0.4, -0.2) is 25.2 Å². The molecule has 2 aromatic rings. The molecule has 0 aromatic heterocycles. The van der Waals surface area contributed by atoms with Gasteiger partial charge in [-0.3, -0.25) is 4.79 Å². The molecule has 1 N–H and O–H groups in total. The summed E-state index contributed by atoms with van der Waals surface area (Å²) < 4.78 is 11.4. The number of hydrogen-bond donors (Lipinski definition) is 1. The summed E-state index contributed by atoms with van der Waals surface area (Å²) >= 11 is 5.92. The van der Waals surface area contributed by atoms with Crippen LogP contribution in [0.4, 0.5) is 0 Å². The minimum atomic E-state index is -0.575. The number of ether oxygens (including phenoxy) is 2. The molecule has 0 bridgehead atoms. The van der Waals surface area contributed by atoms with E-state index in [-0.39, 0.29) is 5.91 Å². The van der Waals surface area contributed by atoms with E-state index in [1.165, 1.54) is 5.56 Å². The molecule has 0 aliphatic heterocycles. The van der Waals surface area contributed by atoms with Gasteiger partial charge in [-0.05, 0) is 56.0 Å². The molecule has 1 atom stereocenters. The molecule has 1 amide bonds. The Labute approximate surface area is 160 Å². The highest BCUT2D eigenvalue weighted by Gasteiger charge is 2.14. The van der Waals surface area contributed by atoms with E-state index >= 15 is 0 Å². The number of halogens is 1. The van der Waals surface area contributed by atoms with Gasteiger partial charge < -0.3 is 14.8 Å². The van der Waals surface area contributed by atoms with E-state index in [9.17, 15) is 4.79 Å². The average Bonchev–Trinajstić information content (AvgIpc) is 2.64. The Morgan fingerprint density at radius 1 is 1.19 bits per heavy atom. The first-order valence-electron chi connectivity index (χ1n) is 9.00. The maximum absolute atomic E-state index is 12.2. The van der Waals surface area contributed by atoms with Gasteiger partial charge in [0.15, 0.2) is 6.10 Å². The molecular weight excluding hydrogens is 350 g/mol. The first-order valence-corrected chi connectivity index (χ1v) is 9.38. The summed E-state index contributed by atoms with van der Waals surface area (Å²) in [6, 6.07) is 15.1. The van der Waals surface area contributed by atoms with Gasteiger partial charge in [0.2, 0.25) is 0 Å². The number of aryl methyl sites for hydroxylation is 1. The number of hydrogen-bond acceptors (Lipinski definition) is 3. The summed E-state index contributed by atoms with van der Waals surface area (Å²) in [4.78, 5) is 12.2. The van der Waals surface area contributed by atoms with Crippen molar-refractivity contribution in [3.05, 3.63) is 59.1 Å². The second-order valence-corrected chi connectivity index (χ2v) is 6.50. The predicted molar refractivity (Wildman–Crippen MR) is 105 cm³/mol. The third-order valence-electron chi connectivity index (χ3n) is 3.83. The number of para-hydroxylation sites is 1. The Balaban J connectivity index is 1.74. The van der Waals surface area contributed by atoms with Gasteiger partial charge in [-0.2, -0.15) is 0 Å². The topological polar surface area (TPSA) is 47.6 Å². The van der Waals surface area contributed by atoms with Crippen molar-refractivity contribution in [1.82, 2.24) is 5.32 Å². The van der Waals surface area contributed by atoms with Crippen LogP contribution in [0.3, 0.4) is 0 Å². The molecule has 5 heteroatoms. The lowest BCUT2D eigenvalue weighted by Crippen LogP contribution is -2.36. The molecule has 2 aromatic carbocycles. The van der Waals surface area contributed by atoms with Crippen LogP contribution in [0.5, 0.6) is 11.5 Å². The Morgan fingerprint density at radius 2 is 2.00 bits per heavy atom. The fourth-order valence-electron chi connectivity index (χ4n) is 2.50. The summed E-state index contributed by atoms with van der Waals surface area (Å²) in [5.74, 6) is 1.38. The van der Waals surface area contributed by atoms with Crippen LogP contribution in [0.15, 0.2) is 48.5 Å². The van der Waals surface area contributed by atoms with Crippen molar-refractivity contribution < 1.29 is 14.3 Å². The van der Waals surface area contributed by atoms with Crippen molar-refractivity contribution in [2.24, 2.45) is 0 Å². The van der Waals surface area contributed by atoms with Crippen molar-refractivity contribution in [2.45, 2.75) is 39.2 Å². The number of amides is 1. The lowest BCUT2D eigenvalue weighted by atomic mass is 10.1. The highest BCUT2D eigenvalue weighted by Crippen LogP contribution is 2.20. The molecule has 0 fully saturated rings. The molecule has 0 spiro atoms. The predicted octanol–water partition coefficient (Wildman–Crippen LogP) is 4.65. The lowest BCUT2D eigenvalue weighted by Gasteiger charge is -2.15. The zero-order chi connectivity index (χ0) is 18.8. The highest BCUT2D eigenvalue weighted by molar-refractivity contribution is 6.30. The number of nitrogens with one attached hydrogen (secondary N) is 1. The Kier molecular flexibility index (Phi) is 8.29. The molecule has 0 aliphatic rings. The van der Waals surface area contributed by atoms with Crippen LogP contribution in [0.1, 0.15) is 32.3 Å². The summed E-state index contributed by atoms with van der Waals surface area (Å²) in [5.41, 5.74) is 1.17. The molecule has 0 heterocycles. The van der Waals surface area contributed by atoms with Crippen LogP contribution in [-0.2, 0) is 11.2 Å². The monoisotopic (exact) mass is 375 g/mol. The van der Waals surface area contributed by atoms with Crippen LogP contribution in [0.2, 0.25) is 5.02 Å². The zero-order valence-corrected chi connectivity index (χ0v) is 16.1. The van der Waals surface area contributed by atoms with Crippen molar-refractivity contribution in [3.8, 4) is 11.5 Å². The summed E-state index contributed by atoms with van der Waals surface area (Å²) in [6.45, 7) is 5.12. The van der Waals surface area contributed by atoms with Crippen molar-refractivity contribution >= 4 is 17.5 Å². The maximum atomic E-state index is 12.2. The van der Waals surface area contributed by atoms with E-state index in [0.29, 0.717) is 23.9 Å². The molecule has 0 saturated heterocycles. The second-order valence-electron chi connectivity index (χ2n) is 6.07. The Hall–Kier alpha value is -2.20. The number of carbonyl (C=O) groups excluding carboxylic acids is 1.